The number of aromatic nitrogens is 2. The lowest BCUT2D eigenvalue weighted by molar-refractivity contribution is 0.628. The highest BCUT2D eigenvalue weighted by atomic mass is 35.5. The molecule has 16 heavy (non-hydrogen) atoms. The van der Waals surface area contributed by atoms with Gasteiger partial charge in [0, 0.05) is 11.1 Å². The molecular formula is C10H5Cl2FN2S. The molecule has 2 nitrogen and oxygen atoms in total. The van der Waals surface area contributed by atoms with Crippen LogP contribution in [0.2, 0.25) is 10.2 Å². The van der Waals surface area contributed by atoms with Gasteiger partial charge in [-0.2, -0.15) is 5.10 Å². The molecule has 0 amide bonds. The van der Waals surface area contributed by atoms with E-state index in [1.807, 2.05) is 0 Å². The van der Waals surface area contributed by atoms with Gasteiger partial charge in [-0.15, -0.1) is 0 Å². The summed E-state index contributed by atoms with van der Waals surface area (Å²) in [6.07, 6.45) is 0. The molecule has 2 aromatic rings. The van der Waals surface area contributed by atoms with Crippen LogP contribution in [0.4, 0.5) is 4.39 Å². The van der Waals surface area contributed by atoms with Crippen LogP contribution >= 0.6 is 35.4 Å². The van der Waals surface area contributed by atoms with Crippen LogP contribution in [0, 0.1) is 10.5 Å². The van der Waals surface area contributed by atoms with Crippen molar-refractivity contribution in [3.63, 3.8) is 0 Å². The smallest absolute Gasteiger partial charge is 0.150 e. The van der Waals surface area contributed by atoms with E-state index < -0.39 is 5.82 Å². The third-order valence-electron chi connectivity index (χ3n) is 1.99. The van der Waals surface area contributed by atoms with Crippen LogP contribution in [0.1, 0.15) is 0 Å². The molecule has 2 rings (SSSR count). The second-order valence-corrected chi connectivity index (χ2v) is 4.26. The lowest BCUT2D eigenvalue weighted by Gasteiger charge is -2.04. The van der Waals surface area contributed by atoms with E-state index in [-0.39, 0.29) is 10.2 Å². The van der Waals surface area contributed by atoms with Crippen molar-refractivity contribution in [2.45, 2.75) is 0 Å². The van der Waals surface area contributed by atoms with E-state index in [2.05, 4.69) is 10.2 Å². The zero-order valence-electron chi connectivity index (χ0n) is 7.80. The number of H-pyrrole nitrogens is 1. The van der Waals surface area contributed by atoms with Crippen LogP contribution in [-0.2, 0) is 0 Å². The molecule has 0 bridgehead atoms. The Morgan fingerprint density at radius 1 is 1.19 bits per heavy atom. The second kappa shape index (κ2) is 4.49. The standard InChI is InChI=1S/C10H5Cl2FN2S/c11-8-3-5(13)1-2-6(8)7-4-9(12)14-15-10(7)16/h1-4H,(H,15,16). The van der Waals surface area contributed by atoms with E-state index in [4.69, 9.17) is 35.4 Å². The molecule has 6 heteroatoms. The van der Waals surface area contributed by atoms with Crippen LogP contribution < -0.4 is 0 Å². The maximum atomic E-state index is 12.9. The summed E-state index contributed by atoms with van der Waals surface area (Å²) in [4.78, 5) is 0. The van der Waals surface area contributed by atoms with Crippen LogP contribution in [0.15, 0.2) is 24.3 Å². The minimum atomic E-state index is -0.399. The van der Waals surface area contributed by atoms with Gasteiger partial charge in [-0.05, 0) is 24.3 Å². The Hall–Kier alpha value is -0.970. The van der Waals surface area contributed by atoms with E-state index in [9.17, 15) is 4.39 Å². The van der Waals surface area contributed by atoms with Gasteiger partial charge in [0.2, 0.25) is 0 Å². The quantitative estimate of drug-likeness (QED) is 0.788. The van der Waals surface area contributed by atoms with Crippen molar-refractivity contribution in [1.29, 1.82) is 0 Å². The minimum Gasteiger partial charge on any atom is -0.266 e. The fraction of sp³-hybridized carbons (Fsp3) is 0. The fourth-order valence-corrected chi connectivity index (χ4v) is 1.92. The first-order chi connectivity index (χ1) is 7.58. The van der Waals surface area contributed by atoms with E-state index in [1.54, 1.807) is 12.1 Å². The number of aromatic amines is 1. The second-order valence-electron chi connectivity index (χ2n) is 3.06. The molecule has 1 aromatic heterocycles. The predicted molar refractivity (Wildman–Crippen MR) is 64.8 cm³/mol. The summed E-state index contributed by atoms with van der Waals surface area (Å²) in [6, 6.07) is 5.66. The van der Waals surface area contributed by atoms with Gasteiger partial charge < -0.3 is 0 Å². The largest absolute Gasteiger partial charge is 0.266 e. The summed E-state index contributed by atoms with van der Waals surface area (Å²) in [5, 5.41) is 6.87. The molecule has 0 aliphatic heterocycles. The van der Waals surface area contributed by atoms with Crippen molar-refractivity contribution in [1.82, 2.24) is 10.2 Å². The van der Waals surface area contributed by atoms with Crippen molar-refractivity contribution in [2.24, 2.45) is 0 Å². The molecule has 82 valence electrons. The first-order valence-electron chi connectivity index (χ1n) is 4.28. The van der Waals surface area contributed by atoms with E-state index in [1.165, 1.54) is 12.1 Å². The lowest BCUT2D eigenvalue weighted by Crippen LogP contribution is -1.89. The Labute approximate surface area is 106 Å². The molecular weight excluding hydrogens is 270 g/mol. The summed E-state index contributed by atoms with van der Waals surface area (Å²) in [7, 11) is 0. The molecule has 0 fully saturated rings. The first kappa shape index (κ1) is 11.5. The molecule has 0 atom stereocenters. The van der Waals surface area contributed by atoms with Gasteiger partial charge >= 0.3 is 0 Å². The Kier molecular flexibility index (Phi) is 3.23. The number of rotatable bonds is 1. The van der Waals surface area contributed by atoms with Crippen LogP contribution in [0.5, 0.6) is 0 Å². The third kappa shape index (κ3) is 2.24. The van der Waals surface area contributed by atoms with Gasteiger partial charge in [0.05, 0.1) is 5.02 Å². The van der Waals surface area contributed by atoms with Crippen LogP contribution in [0.3, 0.4) is 0 Å². The Balaban J connectivity index is 2.67. The fourth-order valence-electron chi connectivity index (χ4n) is 1.29. The van der Waals surface area contributed by atoms with Gasteiger partial charge in [-0.3, -0.25) is 5.10 Å². The summed E-state index contributed by atoms with van der Waals surface area (Å²) < 4.78 is 13.3. The number of benzene rings is 1. The normalized spacial score (nSPS) is 10.4. The van der Waals surface area contributed by atoms with Gasteiger partial charge in [-0.25, -0.2) is 4.39 Å². The number of nitrogens with one attached hydrogen (secondary N) is 1. The maximum Gasteiger partial charge on any atom is 0.150 e. The van der Waals surface area contributed by atoms with Gasteiger partial charge in [0.15, 0.2) is 0 Å². The minimum absolute atomic E-state index is 0.268. The average molecular weight is 275 g/mol. The molecule has 1 heterocycles. The number of halogens is 3. The van der Waals surface area contributed by atoms with Gasteiger partial charge in [0.25, 0.3) is 0 Å². The Morgan fingerprint density at radius 3 is 2.62 bits per heavy atom. The third-order valence-corrected chi connectivity index (χ3v) is 2.81. The van der Waals surface area contributed by atoms with Crippen LogP contribution in [0.25, 0.3) is 11.1 Å². The Bertz CT molecular complexity index is 598. The van der Waals surface area contributed by atoms with Crippen molar-refractivity contribution in [3.05, 3.63) is 44.9 Å². The zero-order valence-corrected chi connectivity index (χ0v) is 10.1. The van der Waals surface area contributed by atoms with Crippen LogP contribution in [-0.4, -0.2) is 10.2 Å². The lowest BCUT2D eigenvalue weighted by atomic mass is 10.1. The summed E-state index contributed by atoms with van der Waals surface area (Å²) in [6.45, 7) is 0. The first-order valence-corrected chi connectivity index (χ1v) is 5.45. The number of hydrogen-bond donors (Lipinski definition) is 1. The molecule has 1 aromatic carbocycles. The molecule has 0 spiro atoms. The summed E-state index contributed by atoms with van der Waals surface area (Å²) in [5.41, 5.74) is 1.24. The molecule has 1 N–H and O–H groups in total. The zero-order chi connectivity index (χ0) is 11.7. The van der Waals surface area contributed by atoms with Crippen molar-refractivity contribution < 1.29 is 4.39 Å². The molecule has 0 aliphatic carbocycles. The van der Waals surface area contributed by atoms with Crippen molar-refractivity contribution >= 4 is 35.4 Å². The monoisotopic (exact) mass is 274 g/mol. The Morgan fingerprint density at radius 2 is 1.94 bits per heavy atom. The number of nitrogens with zero attached hydrogens (tertiary/aromatic N) is 1. The molecule has 0 unspecified atom stereocenters. The van der Waals surface area contributed by atoms with E-state index in [0.29, 0.717) is 15.8 Å². The molecule has 0 saturated heterocycles. The highest BCUT2D eigenvalue weighted by molar-refractivity contribution is 7.71. The van der Waals surface area contributed by atoms with Crippen molar-refractivity contribution in [2.75, 3.05) is 0 Å². The van der Waals surface area contributed by atoms with E-state index in [0.717, 1.165) is 0 Å². The van der Waals surface area contributed by atoms with Gasteiger partial charge in [-0.1, -0.05) is 35.4 Å². The maximum absolute atomic E-state index is 12.9. The number of hydrogen-bond acceptors (Lipinski definition) is 2. The van der Waals surface area contributed by atoms with E-state index >= 15 is 0 Å². The molecule has 0 radical (unpaired) electrons. The summed E-state index contributed by atoms with van der Waals surface area (Å²) in [5.74, 6) is -0.399. The highest BCUT2D eigenvalue weighted by Crippen LogP contribution is 2.29. The molecule has 0 saturated carbocycles. The van der Waals surface area contributed by atoms with Gasteiger partial charge in [0.1, 0.15) is 15.6 Å². The average Bonchev–Trinajstić information content (AvgIpc) is 2.22. The predicted octanol–water partition coefficient (Wildman–Crippen LogP) is 4.25. The topological polar surface area (TPSA) is 28.7 Å². The highest BCUT2D eigenvalue weighted by Gasteiger charge is 2.07. The SMILES string of the molecule is Fc1ccc(-c2cc(Cl)n[nH]c2=S)c(Cl)c1. The summed E-state index contributed by atoms with van der Waals surface area (Å²) >= 11 is 16.7. The molecule has 0 aliphatic rings. The van der Waals surface area contributed by atoms with Crippen molar-refractivity contribution in [3.8, 4) is 11.1 Å².